The summed E-state index contributed by atoms with van der Waals surface area (Å²) in [4.78, 5) is 14.3. The van der Waals surface area contributed by atoms with Gasteiger partial charge in [0.2, 0.25) is 0 Å². The third kappa shape index (κ3) is 3.77. The van der Waals surface area contributed by atoms with Crippen molar-refractivity contribution < 1.29 is 23.4 Å². The Kier molecular flexibility index (Phi) is 4.20. The standard InChI is InChI=1S/C13H12N2O5S/c16-11-4-1-9(2-5-11)7-15-21(19,20)12-6-3-10(8-14-12)13(17)18/h1-6,8,15-16H,7H2,(H,17,18). The van der Waals surface area contributed by atoms with Crippen molar-refractivity contribution in [2.45, 2.75) is 11.6 Å². The van der Waals surface area contributed by atoms with Crippen molar-refractivity contribution in [3.63, 3.8) is 0 Å². The lowest BCUT2D eigenvalue weighted by atomic mass is 10.2. The van der Waals surface area contributed by atoms with Crippen LogP contribution in [-0.4, -0.2) is 29.6 Å². The van der Waals surface area contributed by atoms with Crippen LogP contribution in [0.25, 0.3) is 0 Å². The summed E-state index contributed by atoms with van der Waals surface area (Å²) in [7, 11) is -3.83. The zero-order valence-electron chi connectivity index (χ0n) is 10.7. The molecule has 0 fully saturated rings. The van der Waals surface area contributed by atoms with Crippen LogP contribution in [0.4, 0.5) is 0 Å². The Balaban J connectivity index is 2.11. The number of carbonyl (C=O) groups is 1. The number of phenols is 1. The van der Waals surface area contributed by atoms with Gasteiger partial charge in [-0.25, -0.2) is 22.9 Å². The number of hydrogen-bond acceptors (Lipinski definition) is 5. The SMILES string of the molecule is O=C(O)c1ccc(S(=O)(=O)NCc2ccc(O)cc2)nc1. The van der Waals surface area contributed by atoms with Gasteiger partial charge in [0.25, 0.3) is 10.0 Å². The number of pyridine rings is 1. The van der Waals surface area contributed by atoms with Crippen molar-refractivity contribution in [3.05, 3.63) is 53.7 Å². The summed E-state index contributed by atoms with van der Waals surface area (Å²) in [6, 6.07) is 8.36. The van der Waals surface area contributed by atoms with Crippen LogP contribution in [0.5, 0.6) is 5.75 Å². The molecule has 0 amide bonds. The number of rotatable bonds is 5. The number of nitrogens with zero attached hydrogens (tertiary/aromatic N) is 1. The summed E-state index contributed by atoms with van der Waals surface area (Å²) < 4.78 is 26.3. The molecule has 0 atom stereocenters. The second-order valence-corrected chi connectivity index (χ2v) is 5.90. The number of phenolic OH excluding ortho intramolecular Hbond substituents is 1. The van der Waals surface area contributed by atoms with E-state index in [4.69, 9.17) is 10.2 Å². The second-order valence-electron chi connectivity index (χ2n) is 4.18. The maximum atomic E-state index is 12.0. The summed E-state index contributed by atoms with van der Waals surface area (Å²) in [5, 5.41) is 17.6. The molecule has 21 heavy (non-hydrogen) atoms. The van der Waals surface area contributed by atoms with Gasteiger partial charge >= 0.3 is 5.97 Å². The largest absolute Gasteiger partial charge is 0.508 e. The Hall–Kier alpha value is -2.45. The average molecular weight is 308 g/mol. The number of aromatic carboxylic acids is 1. The summed E-state index contributed by atoms with van der Waals surface area (Å²) in [6.45, 7) is 0.0327. The lowest BCUT2D eigenvalue weighted by molar-refractivity contribution is 0.0696. The van der Waals surface area contributed by atoms with Crippen LogP contribution >= 0.6 is 0 Å². The number of sulfonamides is 1. The monoisotopic (exact) mass is 308 g/mol. The fraction of sp³-hybridized carbons (Fsp3) is 0.0769. The zero-order chi connectivity index (χ0) is 15.5. The molecule has 110 valence electrons. The maximum absolute atomic E-state index is 12.0. The number of carboxylic acid groups (broad SMARTS) is 1. The molecule has 0 aliphatic rings. The van der Waals surface area contributed by atoms with Gasteiger partial charge < -0.3 is 10.2 Å². The highest BCUT2D eigenvalue weighted by molar-refractivity contribution is 7.89. The topological polar surface area (TPSA) is 117 Å². The first-order chi connectivity index (χ1) is 9.88. The van der Waals surface area contributed by atoms with E-state index in [1.165, 1.54) is 18.2 Å². The second kappa shape index (κ2) is 5.90. The molecule has 1 heterocycles. The summed E-state index contributed by atoms with van der Waals surface area (Å²) in [5.41, 5.74) is 0.575. The van der Waals surface area contributed by atoms with Gasteiger partial charge in [-0.2, -0.15) is 0 Å². The van der Waals surface area contributed by atoms with Gasteiger partial charge in [0.15, 0.2) is 5.03 Å². The first-order valence-corrected chi connectivity index (χ1v) is 7.34. The minimum atomic E-state index is -3.83. The molecule has 8 heteroatoms. The smallest absolute Gasteiger partial charge is 0.337 e. The van der Waals surface area contributed by atoms with Gasteiger partial charge in [-0.05, 0) is 29.8 Å². The van der Waals surface area contributed by atoms with E-state index in [9.17, 15) is 13.2 Å². The Labute approximate surface area is 120 Å². The van der Waals surface area contributed by atoms with Crippen molar-refractivity contribution in [2.24, 2.45) is 0 Å². The highest BCUT2D eigenvalue weighted by Crippen LogP contribution is 2.11. The number of nitrogens with one attached hydrogen (secondary N) is 1. The molecule has 0 spiro atoms. The molecule has 0 aliphatic carbocycles. The first-order valence-electron chi connectivity index (χ1n) is 5.85. The number of benzene rings is 1. The molecule has 3 N–H and O–H groups in total. The Morgan fingerprint density at radius 2 is 1.81 bits per heavy atom. The maximum Gasteiger partial charge on any atom is 0.337 e. The normalized spacial score (nSPS) is 11.2. The van der Waals surface area contributed by atoms with E-state index in [1.54, 1.807) is 12.1 Å². The lowest BCUT2D eigenvalue weighted by Crippen LogP contribution is -2.24. The minimum absolute atomic E-state index is 0.0327. The number of aromatic nitrogens is 1. The van der Waals surface area contributed by atoms with Crippen LogP contribution in [0.2, 0.25) is 0 Å². The van der Waals surface area contributed by atoms with Gasteiger partial charge in [-0.15, -0.1) is 0 Å². The highest BCUT2D eigenvalue weighted by Gasteiger charge is 2.16. The van der Waals surface area contributed by atoms with Gasteiger partial charge in [0, 0.05) is 12.7 Å². The van der Waals surface area contributed by atoms with Gasteiger partial charge in [-0.3, -0.25) is 0 Å². The molecule has 0 radical (unpaired) electrons. The van der Waals surface area contributed by atoms with Crippen LogP contribution < -0.4 is 4.72 Å². The number of carboxylic acids is 1. The molecule has 1 aromatic heterocycles. The molecule has 0 unspecified atom stereocenters. The number of aromatic hydroxyl groups is 1. The van der Waals surface area contributed by atoms with Crippen LogP contribution in [0.1, 0.15) is 15.9 Å². The van der Waals surface area contributed by atoms with Crippen LogP contribution in [0.15, 0.2) is 47.6 Å². The zero-order valence-corrected chi connectivity index (χ0v) is 11.5. The first kappa shape index (κ1) is 14.9. The quantitative estimate of drug-likeness (QED) is 0.757. The van der Waals surface area contributed by atoms with E-state index in [-0.39, 0.29) is 22.9 Å². The summed E-state index contributed by atoms with van der Waals surface area (Å²) >= 11 is 0. The van der Waals surface area contributed by atoms with Gasteiger partial charge in [0.1, 0.15) is 5.75 Å². The van der Waals surface area contributed by atoms with Crippen molar-refractivity contribution in [3.8, 4) is 5.75 Å². The van der Waals surface area contributed by atoms with E-state index in [0.29, 0.717) is 5.56 Å². The van der Waals surface area contributed by atoms with Gasteiger partial charge in [0.05, 0.1) is 5.56 Å². The Morgan fingerprint density at radius 1 is 1.14 bits per heavy atom. The van der Waals surface area contributed by atoms with Crippen molar-refractivity contribution in [1.82, 2.24) is 9.71 Å². The molecule has 0 saturated heterocycles. The molecule has 7 nitrogen and oxygen atoms in total. The molecule has 2 rings (SSSR count). The van der Waals surface area contributed by atoms with E-state index in [1.807, 2.05) is 0 Å². The van der Waals surface area contributed by atoms with E-state index in [0.717, 1.165) is 12.3 Å². The summed E-state index contributed by atoms with van der Waals surface area (Å²) in [5.74, 6) is -1.09. The van der Waals surface area contributed by atoms with Crippen LogP contribution in [0.3, 0.4) is 0 Å². The van der Waals surface area contributed by atoms with Crippen molar-refractivity contribution in [2.75, 3.05) is 0 Å². The molecule has 0 saturated carbocycles. The highest BCUT2D eigenvalue weighted by atomic mass is 32.2. The van der Waals surface area contributed by atoms with Gasteiger partial charge in [-0.1, -0.05) is 12.1 Å². The molecule has 2 aromatic rings. The van der Waals surface area contributed by atoms with E-state index < -0.39 is 16.0 Å². The third-order valence-corrected chi connectivity index (χ3v) is 3.98. The lowest BCUT2D eigenvalue weighted by Gasteiger charge is -2.06. The fourth-order valence-electron chi connectivity index (χ4n) is 1.53. The third-order valence-electron chi connectivity index (χ3n) is 2.66. The molecular formula is C13H12N2O5S. The van der Waals surface area contributed by atoms with E-state index in [2.05, 4.69) is 9.71 Å². The predicted molar refractivity (Wildman–Crippen MR) is 73.3 cm³/mol. The Morgan fingerprint density at radius 3 is 2.33 bits per heavy atom. The fourth-order valence-corrected chi connectivity index (χ4v) is 2.48. The average Bonchev–Trinajstić information content (AvgIpc) is 2.47. The molecular weight excluding hydrogens is 296 g/mol. The minimum Gasteiger partial charge on any atom is -0.508 e. The van der Waals surface area contributed by atoms with Crippen molar-refractivity contribution >= 4 is 16.0 Å². The predicted octanol–water partition coefficient (Wildman–Crippen LogP) is 0.964. The summed E-state index contributed by atoms with van der Waals surface area (Å²) in [6.07, 6.45) is 0.984. The molecule has 0 aliphatic heterocycles. The Bertz CT molecular complexity index is 739. The van der Waals surface area contributed by atoms with Crippen LogP contribution in [0, 0.1) is 0 Å². The van der Waals surface area contributed by atoms with E-state index >= 15 is 0 Å². The molecule has 0 bridgehead atoms. The van der Waals surface area contributed by atoms with Crippen molar-refractivity contribution in [1.29, 1.82) is 0 Å². The van der Waals surface area contributed by atoms with Crippen LogP contribution in [-0.2, 0) is 16.6 Å². The molecule has 1 aromatic carbocycles. The number of hydrogen-bond donors (Lipinski definition) is 3.